The van der Waals surface area contributed by atoms with Gasteiger partial charge in [-0.15, -0.1) is 0 Å². The van der Waals surface area contributed by atoms with E-state index in [1.807, 2.05) is 54.6 Å². The van der Waals surface area contributed by atoms with Crippen LogP contribution in [0.1, 0.15) is 59.4 Å². The Morgan fingerprint density at radius 1 is 0.837 bits per heavy atom. The molecular formula is C37H38N3O7S2-. The van der Waals surface area contributed by atoms with Gasteiger partial charge in [0.15, 0.2) is 5.76 Å². The van der Waals surface area contributed by atoms with Crippen LogP contribution >= 0.6 is 0 Å². The van der Waals surface area contributed by atoms with Gasteiger partial charge in [-0.2, -0.15) is 0 Å². The van der Waals surface area contributed by atoms with Crippen LogP contribution in [0, 0.1) is 0 Å². The van der Waals surface area contributed by atoms with E-state index in [9.17, 15) is 26.2 Å². The summed E-state index contributed by atoms with van der Waals surface area (Å²) < 4.78 is 64.1. The van der Waals surface area contributed by atoms with Crippen LogP contribution in [0.3, 0.4) is 0 Å². The average molecular weight is 701 g/mol. The first kappa shape index (κ1) is 35.5. The van der Waals surface area contributed by atoms with E-state index < -0.39 is 31.8 Å². The molecule has 1 atom stereocenters. The molecule has 1 amide bonds. The number of nitrogens with zero attached hydrogens (tertiary/aromatic N) is 1. The fourth-order valence-corrected chi connectivity index (χ4v) is 6.33. The monoisotopic (exact) mass is 700 g/mol. The molecule has 12 heteroatoms. The summed E-state index contributed by atoms with van der Waals surface area (Å²) in [4.78, 5) is 12.5. The molecular weight excluding hydrogens is 663 g/mol. The Morgan fingerprint density at radius 2 is 1.49 bits per heavy atom. The smallest absolute Gasteiger partial charge is 0.251 e. The van der Waals surface area contributed by atoms with E-state index >= 15 is 0 Å². The van der Waals surface area contributed by atoms with Gasteiger partial charge < -0.3 is 14.4 Å². The van der Waals surface area contributed by atoms with E-state index in [2.05, 4.69) is 60.2 Å². The Hall–Kier alpha value is -4.78. The lowest BCUT2D eigenvalue weighted by Gasteiger charge is -2.21. The first-order valence-corrected chi connectivity index (χ1v) is 19.1. The number of rotatable bonds is 12. The van der Waals surface area contributed by atoms with Gasteiger partial charge in [0.2, 0.25) is 10.0 Å². The highest BCUT2D eigenvalue weighted by Crippen LogP contribution is 2.34. The third-order valence-electron chi connectivity index (χ3n) is 8.03. The maximum Gasteiger partial charge on any atom is 0.251 e. The van der Waals surface area contributed by atoms with Gasteiger partial charge in [-0.05, 0) is 70.0 Å². The van der Waals surface area contributed by atoms with Crippen LogP contribution in [0.25, 0.3) is 22.5 Å². The van der Waals surface area contributed by atoms with Crippen molar-refractivity contribution in [3.05, 3.63) is 131 Å². The Balaban J connectivity index is 1.40. The molecule has 1 heterocycles. The molecule has 256 valence electrons. The molecule has 0 aliphatic carbocycles. The second kappa shape index (κ2) is 14.4. The van der Waals surface area contributed by atoms with Crippen molar-refractivity contribution in [3.8, 4) is 22.5 Å². The van der Waals surface area contributed by atoms with Crippen molar-refractivity contribution in [2.45, 2.75) is 38.5 Å². The number of anilines is 1. The average Bonchev–Trinajstić information content (AvgIpc) is 3.53. The largest absolute Gasteiger partial charge is 0.748 e. The summed E-state index contributed by atoms with van der Waals surface area (Å²) in [7, 11) is -7.80. The number of sulfonamides is 1. The van der Waals surface area contributed by atoms with E-state index in [0.717, 1.165) is 39.8 Å². The quantitative estimate of drug-likeness (QED) is 0.143. The van der Waals surface area contributed by atoms with Crippen molar-refractivity contribution in [3.63, 3.8) is 0 Å². The normalized spacial score (nSPS) is 12.8. The predicted molar refractivity (Wildman–Crippen MR) is 190 cm³/mol. The highest BCUT2D eigenvalue weighted by molar-refractivity contribution is 7.92. The predicted octanol–water partition coefficient (Wildman–Crippen LogP) is 6.33. The second-order valence-electron chi connectivity index (χ2n) is 13.0. The van der Waals surface area contributed by atoms with Gasteiger partial charge in [-0.3, -0.25) is 9.52 Å². The molecule has 0 saturated carbocycles. The summed E-state index contributed by atoms with van der Waals surface area (Å²) in [5.41, 5.74) is 7.41. The van der Waals surface area contributed by atoms with Crippen molar-refractivity contribution >= 4 is 31.7 Å². The number of carbonyl (C=O) groups is 1. The van der Waals surface area contributed by atoms with Crippen LogP contribution in [0.2, 0.25) is 0 Å². The molecule has 0 aliphatic rings. The van der Waals surface area contributed by atoms with Crippen LogP contribution in [0.4, 0.5) is 5.69 Å². The van der Waals surface area contributed by atoms with Crippen molar-refractivity contribution in [1.29, 1.82) is 0 Å². The molecule has 5 rings (SSSR count). The van der Waals surface area contributed by atoms with Gasteiger partial charge in [0.05, 0.1) is 27.8 Å². The molecule has 49 heavy (non-hydrogen) atoms. The van der Waals surface area contributed by atoms with Crippen molar-refractivity contribution in [2.24, 2.45) is 0 Å². The number of hydrogen-bond acceptors (Lipinski definition) is 8. The number of carbonyl (C=O) groups excluding carboxylic acids is 1. The van der Waals surface area contributed by atoms with Crippen molar-refractivity contribution in [1.82, 2.24) is 10.5 Å². The molecule has 0 saturated heterocycles. The van der Waals surface area contributed by atoms with Crippen LogP contribution in [-0.2, 0) is 32.0 Å². The summed E-state index contributed by atoms with van der Waals surface area (Å²) in [6.07, 6.45) is 1.67. The van der Waals surface area contributed by atoms with Crippen molar-refractivity contribution in [2.75, 3.05) is 23.3 Å². The summed E-state index contributed by atoms with van der Waals surface area (Å²) in [5.74, 6) is -0.717. The maximum atomic E-state index is 12.5. The van der Waals surface area contributed by atoms with Gasteiger partial charge in [0.1, 0.15) is 0 Å². The lowest BCUT2D eigenvalue weighted by atomic mass is 9.83. The summed E-state index contributed by atoms with van der Waals surface area (Å²) >= 11 is 0. The minimum absolute atomic E-state index is 0.0150. The maximum absolute atomic E-state index is 12.5. The molecule has 0 spiro atoms. The third-order valence-corrected chi connectivity index (χ3v) is 9.34. The van der Waals surface area contributed by atoms with Gasteiger partial charge in [-0.25, -0.2) is 16.8 Å². The van der Waals surface area contributed by atoms with Gasteiger partial charge >= 0.3 is 0 Å². The standard InChI is InChI=1S/C37H39N3O7S2/c1-37(2,3)31-16-12-27(13-17-31)33(22-25-8-10-28(11-9-25)36(41)38-20-21-49(44,45)46)34-24-35(47-39-34)30-7-5-6-29(23-30)26-14-18-32(19-15-26)40-48(4,42)43/h5-19,23-24,33,40H,20-22H2,1-4H3,(H,38,41)(H,44,45,46)/p-1. The molecule has 1 unspecified atom stereocenters. The molecule has 0 radical (unpaired) electrons. The fraction of sp³-hybridized carbons (Fsp3) is 0.243. The number of hydrogen-bond donors (Lipinski definition) is 2. The van der Waals surface area contributed by atoms with E-state index in [0.29, 0.717) is 23.4 Å². The van der Waals surface area contributed by atoms with Crippen LogP contribution in [0.15, 0.2) is 108 Å². The minimum atomic E-state index is -4.42. The van der Waals surface area contributed by atoms with E-state index in [-0.39, 0.29) is 17.9 Å². The SMILES string of the molecule is CC(C)(C)c1ccc(C(Cc2ccc(C(=O)NCCS(=O)(=O)[O-])cc2)c2cc(-c3cccc(-c4ccc(NS(C)(=O)=O)cc4)c3)on2)cc1. The zero-order valence-corrected chi connectivity index (χ0v) is 29.3. The van der Waals surface area contributed by atoms with Crippen LogP contribution < -0.4 is 10.0 Å². The van der Waals surface area contributed by atoms with Crippen LogP contribution in [-0.4, -0.2) is 51.0 Å². The summed E-state index contributed by atoms with van der Waals surface area (Å²) in [5, 5.41) is 6.97. The third kappa shape index (κ3) is 9.88. The van der Waals surface area contributed by atoms with E-state index in [1.54, 1.807) is 24.3 Å². The first-order valence-electron chi connectivity index (χ1n) is 15.6. The van der Waals surface area contributed by atoms with E-state index in [1.165, 1.54) is 5.56 Å². The zero-order chi connectivity index (χ0) is 35.4. The highest BCUT2D eigenvalue weighted by atomic mass is 32.2. The molecule has 2 N–H and O–H groups in total. The lowest BCUT2D eigenvalue weighted by Crippen LogP contribution is -2.28. The van der Waals surface area contributed by atoms with Gasteiger partial charge in [0, 0.05) is 35.3 Å². The molecule has 0 aliphatic heterocycles. The Bertz CT molecular complexity index is 2140. The summed E-state index contributed by atoms with van der Waals surface area (Å²) in [6.45, 7) is 6.23. The molecule has 1 aromatic heterocycles. The Labute approximate surface area is 287 Å². The molecule has 0 fully saturated rings. The molecule has 4 aromatic carbocycles. The summed E-state index contributed by atoms with van der Waals surface area (Å²) in [6, 6.07) is 32.4. The number of nitrogens with one attached hydrogen (secondary N) is 2. The first-order chi connectivity index (χ1) is 23.0. The number of aromatic nitrogens is 1. The Morgan fingerprint density at radius 3 is 2.10 bits per heavy atom. The number of benzene rings is 4. The number of amides is 1. The molecule has 5 aromatic rings. The molecule has 10 nitrogen and oxygen atoms in total. The van der Waals surface area contributed by atoms with Crippen molar-refractivity contribution < 1.29 is 30.7 Å². The minimum Gasteiger partial charge on any atom is -0.748 e. The Kier molecular flexibility index (Phi) is 10.4. The van der Waals surface area contributed by atoms with E-state index in [4.69, 9.17) is 4.52 Å². The van der Waals surface area contributed by atoms with Crippen LogP contribution in [0.5, 0.6) is 0 Å². The fourth-order valence-electron chi connectivity index (χ4n) is 5.41. The second-order valence-corrected chi connectivity index (χ2v) is 16.3. The lowest BCUT2D eigenvalue weighted by molar-refractivity contribution is 0.0956. The highest BCUT2D eigenvalue weighted by Gasteiger charge is 2.22. The van der Waals surface area contributed by atoms with Gasteiger partial charge in [0.25, 0.3) is 5.91 Å². The zero-order valence-electron chi connectivity index (χ0n) is 27.6. The van der Waals surface area contributed by atoms with Gasteiger partial charge in [-0.1, -0.05) is 92.7 Å². The topological polar surface area (TPSA) is 158 Å². The molecule has 0 bridgehead atoms.